The maximum Gasteiger partial charge on any atom is 0.257 e. The molecule has 1 aromatic carbocycles. The van der Waals surface area contributed by atoms with Crippen molar-refractivity contribution >= 4 is 23.3 Å². The van der Waals surface area contributed by atoms with Crippen LogP contribution in [0, 0.1) is 0 Å². The molecule has 1 N–H and O–H groups in total. The summed E-state index contributed by atoms with van der Waals surface area (Å²) in [7, 11) is 5.09. The van der Waals surface area contributed by atoms with Crippen molar-refractivity contribution in [1.29, 1.82) is 0 Å². The molecule has 8 heteroatoms. The lowest BCUT2D eigenvalue weighted by Crippen LogP contribution is -2.56. The van der Waals surface area contributed by atoms with Gasteiger partial charge in [-0.3, -0.25) is 14.6 Å². The molecule has 2 aromatic heterocycles. The first-order chi connectivity index (χ1) is 16.4. The van der Waals surface area contributed by atoms with Gasteiger partial charge in [0, 0.05) is 51.3 Å². The molecule has 4 rings (SSSR count). The third-order valence-corrected chi connectivity index (χ3v) is 6.12. The number of likely N-dealkylation sites (N-methyl/N-ethyl adjacent to an activating group) is 1. The van der Waals surface area contributed by atoms with Gasteiger partial charge in [0.15, 0.2) is 0 Å². The maximum atomic E-state index is 13.7. The second-order valence-electron chi connectivity index (χ2n) is 8.58. The average Bonchev–Trinajstić information content (AvgIpc) is 2.88. The first-order valence-corrected chi connectivity index (χ1v) is 11.2. The number of carbonyl (C=O) groups excluding carboxylic acids is 2. The number of piperidine rings is 1. The summed E-state index contributed by atoms with van der Waals surface area (Å²) in [5.74, 6) is 0.926. The minimum Gasteiger partial charge on any atom is -0.497 e. The van der Waals surface area contributed by atoms with Gasteiger partial charge in [-0.1, -0.05) is 12.1 Å². The van der Waals surface area contributed by atoms with Crippen molar-refractivity contribution < 1.29 is 14.3 Å². The summed E-state index contributed by atoms with van der Waals surface area (Å²) in [4.78, 5) is 39.4. The van der Waals surface area contributed by atoms with Crippen LogP contribution < -0.4 is 10.1 Å². The summed E-state index contributed by atoms with van der Waals surface area (Å²) in [6.45, 7) is 0.814. The fourth-order valence-electron chi connectivity index (χ4n) is 4.48. The molecule has 1 aliphatic heterocycles. The SMILES string of the molecule is COc1cccc(Nc2ncccc2C(=O)N2CCCC(C(=O)N(C)C)(c3ccccn3)C2)c1. The van der Waals surface area contributed by atoms with Crippen LogP contribution in [0.1, 0.15) is 28.9 Å². The van der Waals surface area contributed by atoms with Crippen LogP contribution in [0.25, 0.3) is 0 Å². The molecule has 0 bridgehead atoms. The van der Waals surface area contributed by atoms with E-state index in [1.165, 1.54) is 0 Å². The number of hydrogen-bond acceptors (Lipinski definition) is 6. The van der Waals surface area contributed by atoms with Crippen LogP contribution in [-0.4, -0.2) is 65.9 Å². The highest BCUT2D eigenvalue weighted by Gasteiger charge is 2.47. The number of aromatic nitrogens is 2. The van der Waals surface area contributed by atoms with Gasteiger partial charge in [0.25, 0.3) is 5.91 Å². The van der Waals surface area contributed by atoms with E-state index in [-0.39, 0.29) is 18.4 Å². The predicted octanol–water partition coefficient (Wildman–Crippen LogP) is 3.49. The largest absolute Gasteiger partial charge is 0.497 e. The van der Waals surface area contributed by atoms with E-state index < -0.39 is 5.41 Å². The highest BCUT2D eigenvalue weighted by molar-refractivity contribution is 6.00. The zero-order valence-corrected chi connectivity index (χ0v) is 19.7. The van der Waals surface area contributed by atoms with Crippen molar-refractivity contribution in [2.75, 3.05) is 39.6 Å². The molecule has 1 atom stereocenters. The number of likely N-dealkylation sites (tertiary alicyclic amines) is 1. The molecule has 1 fully saturated rings. The third-order valence-electron chi connectivity index (χ3n) is 6.12. The third kappa shape index (κ3) is 4.57. The number of amides is 2. The Bertz CT molecular complexity index is 1170. The number of nitrogens with zero attached hydrogens (tertiary/aromatic N) is 4. The zero-order valence-electron chi connectivity index (χ0n) is 19.7. The lowest BCUT2D eigenvalue weighted by atomic mass is 9.75. The molecule has 3 heterocycles. The molecule has 1 unspecified atom stereocenters. The molecule has 2 amide bonds. The highest BCUT2D eigenvalue weighted by Crippen LogP contribution is 2.36. The number of anilines is 2. The average molecular weight is 460 g/mol. The first kappa shape index (κ1) is 23.2. The number of benzene rings is 1. The van der Waals surface area contributed by atoms with Gasteiger partial charge in [-0.2, -0.15) is 0 Å². The van der Waals surface area contributed by atoms with Crippen molar-refractivity contribution in [3.8, 4) is 5.75 Å². The van der Waals surface area contributed by atoms with E-state index in [2.05, 4.69) is 15.3 Å². The Labute approximate surface area is 199 Å². The summed E-state index contributed by atoms with van der Waals surface area (Å²) in [5, 5.41) is 3.23. The number of ether oxygens (including phenoxy) is 1. The smallest absolute Gasteiger partial charge is 0.257 e. The second-order valence-corrected chi connectivity index (χ2v) is 8.58. The van der Waals surface area contributed by atoms with E-state index in [9.17, 15) is 9.59 Å². The molecule has 1 aliphatic rings. The van der Waals surface area contributed by atoms with Crippen LogP contribution in [0.2, 0.25) is 0 Å². The summed E-state index contributed by atoms with van der Waals surface area (Å²) in [6.07, 6.45) is 4.66. The first-order valence-electron chi connectivity index (χ1n) is 11.2. The molecular weight excluding hydrogens is 430 g/mol. The Hall–Kier alpha value is -3.94. The van der Waals surface area contributed by atoms with Gasteiger partial charge in [-0.05, 0) is 49.2 Å². The minimum atomic E-state index is -0.888. The summed E-state index contributed by atoms with van der Waals surface area (Å²) < 4.78 is 5.29. The van der Waals surface area contributed by atoms with E-state index in [0.717, 1.165) is 5.69 Å². The number of carbonyl (C=O) groups is 2. The lowest BCUT2D eigenvalue weighted by Gasteiger charge is -2.42. The highest BCUT2D eigenvalue weighted by atomic mass is 16.5. The van der Waals surface area contributed by atoms with E-state index >= 15 is 0 Å². The normalized spacial score (nSPS) is 17.7. The molecule has 0 spiro atoms. The molecule has 8 nitrogen and oxygen atoms in total. The van der Waals surface area contributed by atoms with Crippen LogP contribution in [0.5, 0.6) is 5.75 Å². The molecular formula is C26H29N5O3. The van der Waals surface area contributed by atoms with E-state index in [4.69, 9.17) is 4.74 Å². The number of hydrogen-bond donors (Lipinski definition) is 1. The summed E-state index contributed by atoms with van der Waals surface area (Å²) in [5.41, 5.74) is 1.00. The number of methoxy groups -OCH3 is 1. The van der Waals surface area contributed by atoms with E-state index in [0.29, 0.717) is 42.2 Å². The molecule has 1 saturated heterocycles. The van der Waals surface area contributed by atoms with Crippen molar-refractivity contribution in [2.24, 2.45) is 0 Å². The standard InChI is InChI=1S/C26H29N5O3/c1-30(2)25(33)26(22-12-4-5-14-27-22)13-8-16-31(18-26)24(32)21-11-7-15-28-23(21)29-19-9-6-10-20(17-19)34-3/h4-7,9-12,14-15,17H,8,13,16,18H2,1-3H3,(H,28,29). The predicted molar refractivity (Wildman–Crippen MR) is 130 cm³/mol. The maximum absolute atomic E-state index is 13.7. The van der Waals surface area contributed by atoms with Gasteiger partial charge < -0.3 is 19.9 Å². The van der Waals surface area contributed by atoms with E-state index in [1.54, 1.807) is 55.5 Å². The summed E-state index contributed by atoms with van der Waals surface area (Å²) >= 11 is 0. The molecule has 0 saturated carbocycles. The Morgan fingerprint density at radius 3 is 2.62 bits per heavy atom. The lowest BCUT2D eigenvalue weighted by molar-refractivity contribution is -0.136. The molecule has 0 radical (unpaired) electrons. The van der Waals surface area contributed by atoms with Gasteiger partial charge in [0.1, 0.15) is 17.0 Å². The Morgan fingerprint density at radius 2 is 1.88 bits per heavy atom. The van der Waals surface area contributed by atoms with Crippen LogP contribution >= 0.6 is 0 Å². The minimum absolute atomic E-state index is 0.0513. The van der Waals surface area contributed by atoms with E-state index in [1.807, 2.05) is 42.5 Å². The van der Waals surface area contributed by atoms with Crippen molar-refractivity contribution in [3.05, 3.63) is 78.2 Å². The number of nitrogens with one attached hydrogen (secondary N) is 1. The van der Waals surface area contributed by atoms with Crippen LogP contribution in [0.15, 0.2) is 67.0 Å². The van der Waals surface area contributed by atoms with Gasteiger partial charge in [0.05, 0.1) is 18.4 Å². The molecule has 34 heavy (non-hydrogen) atoms. The molecule has 0 aliphatic carbocycles. The molecule has 176 valence electrons. The summed E-state index contributed by atoms with van der Waals surface area (Å²) in [6, 6.07) is 16.5. The van der Waals surface area contributed by atoms with Gasteiger partial charge >= 0.3 is 0 Å². The topological polar surface area (TPSA) is 87.7 Å². The monoisotopic (exact) mass is 459 g/mol. The van der Waals surface area contributed by atoms with Crippen LogP contribution in [-0.2, 0) is 10.2 Å². The molecule has 3 aromatic rings. The fourth-order valence-corrected chi connectivity index (χ4v) is 4.48. The van der Waals surface area contributed by atoms with Crippen molar-refractivity contribution in [1.82, 2.24) is 19.8 Å². The van der Waals surface area contributed by atoms with Gasteiger partial charge in [0.2, 0.25) is 5.91 Å². The van der Waals surface area contributed by atoms with Gasteiger partial charge in [-0.25, -0.2) is 4.98 Å². The Balaban J connectivity index is 1.65. The fraction of sp³-hybridized carbons (Fsp3) is 0.308. The van der Waals surface area contributed by atoms with Gasteiger partial charge in [-0.15, -0.1) is 0 Å². The number of rotatable bonds is 6. The Kier molecular flexibility index (Phi) is 6.77. The second kappa shape index (κ2) is 9.91. The van der Waals surface area contributed by atoms with Crippen LogP contribution in [0.4, 0.5) is 11.5 Å². The van der Waals surface area contributed by atoms with Crippen molar-refractivity contribution in [3.63, 3.8) is 0 Å². The number of pyridine rings is 2. The van der Waals surface area contributed by atoms with Crippen molar-refractivity contribution in [2.45, 2.75) is 18.3 Å². The zero-order chi connectivity index (χ0) is 24.1. The Morgan fingerprint density at radius 1 is 1.06 bits per heavy atom. The van der Waals surface area contributed by atoms with Crippen LogP contribution in [0.3, 0.4) is 0 Å². The quantitative estimate of drug-likeness (QED) is 0.607.